The second-order valence-electron chi connectivity index (χ2n) is 5.24. The maximum Gasteiger partial charge on any atom is 0.360 e. The second-order valence-corrected chi connectivity index (χ2v) is 5.24. The Morgan fingerprint density at radius 1 is 1.08 bits per heavy atom. The van der Waals surface area contributed by atoms with Gasteiger partial charge in [0.25, 0.3) is 5.56 Å². The van der Waals surface area contributed by atoms with Crippen LogP contribution in [0.1, 0.15) is 21.6 Å². The van der Waals surface area contributed by atoms with E-state index in [1.165, 1.54) is 24.2 Å². The van der Waals surface area contributed by atoms with Crippen LogP contribution in [0.3, 0.4) is 0 Å². The van der Waals surface area contributed by atoms with Gasteiger partial charge in [-0.15, -0.1) is 5.10 Å². The number of hydrogen-bond donors (Lipinski definition) is 0. The van der Waals surface area contributed by atoms with Crippen molar-refractivity contribution in [3.63, 3.8) is 0 Å². The quantitative estimate of drug-likeness (QED) is 0.662. The molecule has 0 N–H and O–H groups in total. The van der Waals surface area contributed by atoms with Gasteiger partial charge >= 0.3 is 5.97 Å². The van der Waals surface area contributed by atoms with Gasteiger partial charge < -0.3 is 9.30 Å². The van der Waals surface area contributed by atoms with E-state index in [9.17, 15) is 9.59 Å². The summed E-state index contributed by atoms with van der Waals surface area (Å²) in [5.74, 6) is -0.509. The number of benzene rings is 1. The molecular weight excluding hydrogens is 308 g/mol. The third kappa shape index (κ3) is 3.57. The van der Waals surface area contributed by atoms with Crippen LogP contribution < -0.4 is 5.56 Å². The summed E-state index contributed by atoms with van der Waals surface area (Å²) in [4.78, 5) is 24.5. The fourth-order valence-corrected chi connectivity index (χ4v) is 2.27. The zero-order valence-corrected chi connectivity index (χ0v) is 13.1. The molecule has 0 aliphatic heterocycles. The van der Waals surface area contributed by atoms with Gasteiger partial charge in [0.05, 0.1) is 26.4 Å². The predicted octanol–water partition coefficient (Wildman–Crippen LogP) is 1.32. The summed E-state index contributed by atoms with van der Waals surface area (Å²) < 4.78 is 6.24. The number of hydrogen-bond acceptors (Lipinski definition) is 5. The normalized spacial score (nSPS) is 10.5. The second kappa shape index (κ2) is 6.91. The van der Waals surface area contributed by atoms with E-state index in [0.29, 0.717) is 13.1 Å². The number of carbonyl (C=O) groups excluding carboxylic acids is 1. The van der Waals surface area contributed by atoms with Crippen LogP contribution in [0.5, 0.6) is 0 Å². The molecule has 0 atom stereocenters. The molecule has 3 rings (SSSR count). The first-order chi connectivity index (χ1) is 11.7. The van der Waals surface area contributed by atoms with E-state index >= 15 is 0 Å². The topological polar surface area (TPSA) is 79.0 Å². The van der Waals surface area contributed by atoms with E-state index in [1.54, 1.807) is 16.8 Å². The van der Waals surface area contributed by atoms with Crippen LogP contribution in [0.15, 0.2) is 59.7 Å². The molecular formula is C17H16N4O3. The van der Waals surface area contributed by atoms with Crippen molar-refractivity contribution in [2.45, 2.75) is 13.1 Å². The van der Waals surface area contributed by atoms with Crippen LogP contribution in [-0.4, -0.2) is 32.6 Å². The van der Waals surface area contributed by atoms with Crippen molar-refractivity contribution in [1.82, 2.24) is 19.6 Å². The van der Waals surface area contributed by atoms with Crippen molar-refractivity contribution < 1.29 is 9.53 Å². The Morgan fingerprint density at radius 2 is 1.79 bits per heavy atom. The van der Waals surface area contributed by atoms with Gasteiger partial charge in [-0.05, 0) is 17.2 Å². The molecule has 122 valence electrons. The van der Waals surface area contributed by atoms with Crippen molar-refractivity contribution in [1.29, 1.82) is 0 Å². The fraction of sp³-hybridized carbons (Fsp3) is 0.176. The van der Waals surface area contributed by atoms with Gasteiger partial charge in [0.1, 0.15) is 0 Å². The third-order valence-corrected chi connectivity index (χ3v) is 3.53. The van der Waals surface area contributed by atoms with E-state index in [-0.39, 0.29) is 11.3 Å². The molecule has 7 nitrogen and oxygen atoms in total. The summed E-state index contributed by atoms with van der Waals surface area (Å²) in [5, 5.41) is 8.11. The van der Waals surface area contributed by atoms with Crippen molar-refractivity contribution in [3.05, 3.63) is 82.0 Å². The summed E-state index contributed by atoms with van der Waals surface area (Å²) in [5.41, 5.74) is 2.16. The van der Waals surface area contributed by atoms with Crippen LogP contribution in [0.2, 0.25) is 0 Å². The first kappa shape index (κ1) is 15.7. The molecule has 0 fully saturated rings. The Bertz CT molecular complexity index is 896. The van der Waals surface area contributed by atoms with E-state index in [0.717, 1.165) is 11.1 Å². The number of nitrogens with zero attached hydrogens (tertiary/aromatic N) is 4. The highest BCUT2D eigenvalue weighted by Gasteiger charge is 2.10. The molecule has 2 aromatic heterocycles. The van der Waals surface area contributed by atoms with Crippen molar-refractivity contribution in [2.24, 2.45) is 0 Å². The molecule has 0 spiro atoms. The lowest BCUT2D eigenvalue weighted by Crippen LogP contribution is -2.18. The number of rotatable bonds is 5. The van der Waals surface area contributed by atoms with Crippen molar-refractivity contribution in [3.8, 4) is 0 Å². The van der Waals surface area contributed by atoms with Gasteiger partial charge in [0, 0.05) is 12.3 Å². The van der Waals surface area contributed by atoms with E-state index < -0.39 is 5.97 Å². The first-order valence-electron chi connectivity index (χ1n) is 7.37. The molecule has 24 heavy (non-hydrogen) atoms. The van der Waals surface area contributed by atoms with Crippen LogP contribution in [-0.2, 0) is 17.8 Å². The van der Waals surface area contributed by atoms with Gasteiger partial charge in [-0.1, -0.05) is 30.3 Å². The highest BCUT2D eigenvalue weighted by atomic mass is 16.5. The summed E-state index contributed by atoms with van der Waals surface area (Å²) in [7, 11) is 1.30. The Kier molecular flexibility index (Phi) is 4.51. The summed E-state index contributed by atoms with van der Waals surface area (Å²) in [6.45, 7) is 0.967. The van der Waals surface area contributed by atoms with Crippen molar-refractivity contribution >= 4 is 5.97 Å². The molecule has 0 bridgehead atoms. The van der Waals surface area contributed by atoms with Gasteiger partial charge in [-0.25, -0.2) is 4.79 Å². The highest BCUT2D eigenvalue weighted by molar-refractivity contribution is 5.86. The minimum Gasteiger partial charge on any atom is -0.464 e. The fourth-order valence-electron chi connectivity index (χ4n) is 2.27. The number of ether oxygens (including phenoxy) is 1. The Labute approximate surface area is 138 Å². The number of esters is 1. The first-order valence-corrected chi connectivity index (χ1v) is 7.37. The van der Waals surface area contributed by atoms with E-state index in [1.807, 2.05) is 30.3 Å². The van der Waals surface area contributed by atoms with Gasteiger partial charge in [-0.3, -0.25) is 4.79 Å². The van der Waals surface area contributed by atoms with E-state index in [4.69, 9.17) is 0 Å². The standard InChI is InChI=1S/C17H16N4O3/c1-24-17(23)15-10-18-21(19-15)12-14-7-5-13(6-8-14)11-20-9-3-2-4-16(20)22/h2-10H,11-12H2,1H3. The monoisotopic (exact) mass is 324 g/mol. The predicted molar refractivity (Wildman–Crippen MR) is 86.7 cm³/mol. The SMILES string of the molecule is COC(=O)c1cnn(Cc2ccc(Cn3ccccc3=O)cc2)n1. The van der Waals surface area contributed by atoms with E-state index in [2.05, 4.69) is 14.9 Å². The third-order valence-electron chi connectivity index (χ3n) is 3.53. The molecule has 0 unspecified atom stereocenters. The van der Waals surface area contributed by atoms with Gasteiger partial charge in [0.15, 0.2) is 5.69 Å². The van der Waals surface area contributed by atoms with Crippen LogP contribution in [0.4, 0.5) is 0 Å². The Hall–Kier alpha value is -3.22. The minimum absolute atomic E-state index is 0.0299. The molecule has 3 aromatic rings. The number of pyridine rings is 1. The zero-order valence-electron chi connectivity index (χ0n) is 13.1. The molecule has 1 aromatic carbocycles. The average molecular weight is 324 g/mol. The van der Waals surface area contributed by atoms with Crippen LogP contribution in [0, 0.1) is 0 Å². The smallest absolute Gasteiger partial charge is 0.360 e. The summed E-state index contributed by atoms with van der Waals surface area (Å²) in [6.07, 6.45) is 3.14. The lowest BCUT2D eigenvalue weighted by Gasteiger charge is -2.06. The highest BCUT2D eigenvalue weighted by Crippen LogP contribution is 2.07. The number of carbonyl (C=O) groups is 1. The maximum atomic E-state index is 11.7. The zero-order chi connectivity index (χ0) is 16.9. The molecule has 0 aliphatic rings. The summed E-state index contributed by atoms with van der Waals surface area (Å²) in [6, 6.07) is 12.9. The van der Waals surface area contributed by atoms with Crippen LogP contribution >= 0.6 is 0 Å². The van der Waals surface area contributed by atoms with Crippen LogP contribution in [0.25, 0.3) is 0 Å². The number of aromatic nitrogens is 4. The average Bonchev–Trinajstić information content (AvgIpc) is 3.06. The number of methoxy groups -OCH3 is 1. The largest absolute Gasteiger partial charge is 0.464 e. The summed E-state index contributed by atoms with van der Waals surface area (Å²) >= 11 is 0. The Balaban J connectivity index is 1.68. The molecule has 0 saturated carbocycles. The maximum absolute atomic E-state index is 11.7. The molecule has 7 heteroatoms. The molecule has 0 amide bonds. The van der Waals surface area contributed by atoms with Crippen molar-refractivity contribution in [2.75, 3.05) is 7.11 Å². The lowest BCUT2D eigenvalue weighted by molar-refractivity contribution is 0.0593. The lowest BCUT2D eigenvalue weighted by atomic mass is 10.1. The molecule has 0 radical (unpaired) electrons. The molecule has 0 aliphatic carbocycles. The Morgan fingerprint density at radius 3 is 2.46 bits per heavy atom. The minimum atomic E-state index is -0.509. The molecule has 2 heterocycles. The molecule has 0 saturated heterocycles. The van der Waals surface area contributed by atoms with Gasteiger partial charge in [-0.2, -0.15) is 9.90 Å². The van der Waals surface area contributed by atoms with Gasteiger partial charge in [0.2, 0.25) is 0 Å².